The fourth-order valence-corrected chi connectivity index (χ4v) is 7.59. The summed E-state index contributed by atoms with van der Waals surface area (Å²) >= 11 is 1.50. The van der Waals surface area contributed by atoms with Crippen molar-refractivity contribution < 1.29 is 13.2 Å². The maximum atomic E-state index is 12.6. The number of hydrogen-bond acceptors (Lipinski definition) is 8. The molecular formula is C23H33N7O3S2Si. The summed E-state index contributed by atoms with van der Waals surface area (Å²) in [5.41, 5.74) is 1.63. The van der Waals surface area contributed by atoms with Crippen LogP contribution in [0.5, 0.6) is 0 Å². The molecule has 13 heteroatoms. The van der Waals surface area contributed by atoms with Crippen LogP contribution in [-0.4, -0.2) is 82.6 Å². The molecule has 0 saturated carbocycles. The van der Waals surface area contributed by atoms with Crippen molar-refractivity contribution in [1.82, 2.24) is 28.6 Å². The van der Waals surface area contributed by atoms with Crippen molar-refractivity contribution in [3.8, 4) is 17.3 Å². The van der Waals surface area contributed by atoms with Crippen molar-refractivity contribution in [2.75, 3.05) is 37.5 Å². The second kappa shape index (κ2) is 10.6. The van der Waals surface area contributed by atoms with Gasteiger partial charge in [0.05, 0.1) is 30.1 Å². The van der Waals surface area contributed by atoms with E-state index in [4.69, 9.17) is 4.74 Å². The van der Waals surface area contributed by atoms with Crippen molar-refractivity contribution in [3.05, 3.63) is 31.0 Å². The molecule has 1 fully saturated rings. The van der Waals surface area contributed by atoms with Crippen LogP contribution in [0.4, 0.5) is 0 Å². The van der Waals surface area contributed by atoms with Crippen LogP contribution in [0.3, 0.4) is 0 Å². The standard InChI is InChI=1S/C23H33N7O3S2Si/c1-34-10-11-35(31,32)29-15-23(16-29,6-7-24)30-14-19(13-27-30)21-20-5-8-28(22(20)26-17-25-21)18-33-9-12-36(2,3)4/h5,8,13-14,17H,6,9-12,15-16,18H2,1-4H3. The molecule has 0 unspecified atom stereocenters. The van der Waals surface area contributed by atoms with Gasteiger partial charge in [-0.15, -0.1) is 0 Å². The van der Waals surface area contributed by atoms with Gasteiger partial charge in [0.2, 0.25) is 10.0 Å². The number of rotatable bonds is 12. The van der Waals surface area contributed by atoms with Crippen LogP contribution >= 0.6 is 11.8 Å². The third-order valence-corrected chi connectivity index (χ3v) is 10.8. The van der Waals surface area contributed by atoms with E-state index >= 15 is 0 Å². The molecule has 4 rings (SSSR count). The van der Waals surface area contributed by atoms with Crippen molar-refractivity contribution >= 4 is 40.9 Å². The number of aromatic nitrogens is 5. The number of hydrogen-bond donors (Lipinski definition) is 0. The van der Waals surface area contributed by atoms with Crippen molar-refractivity contribution in [2.24, 2.45) is 0 Å². The van der Waals surface area contributed by atoms with Crippen LogP contribution in [0.15, 0.2) is 31.0 Å². The van der Waals surface area contributed by atoms with Gasteiger partial charge in [-0.05, 0) is 18.4 Å². The molecule has 0 N–H and O–H groups in total. The topological polar surface area (TPSA) is 119 Å². The molecule has 3 aromatic rings. The predicted octanol–water partition coefficient (Wildman–Crippen LogP) is 3.22. The van der Waals surface area contributed by atoms with Gasteiger partial charge in [0, 0.05) is 56.9 Å². The van der Waals surface area contributed by atoms with E-state index in [0.717, 1.165) is 34.9 Å². The Morgan fingerprint density at radius 3 is 2.75 bits per heavy atom. The van der Waals surface area contributed by atoms with Gasteiger partial charge in [0.1, 0.15) is 24.2 Å². The van der Waals surface area contributed by atoms with Gasteiger partial charge < -0.3 is 9.30 Å². The minimum Gasteiger partial charge on any atom is -0.361 e. The Morgan fingerprint density at radius 1 is 1.28 bits per heavy atom. The van der Waals surface area contributed by atoms with Crippen LogP contribution in [0.25, 0.3) is 22.3 Å². The molecule has 1 aliphatic rings. The summed E-state index contributed by atoms with van der Waals surface area (Å²) < 4.78 is 36.2. The van der Waals surface area contributed by atoms with Crippen molar-refractivity contribution in [1.29, 1.82) is 5.26 Å². The van der Waals surface area contributed by atoms with Gasteiger partial charge >= 0.3 is 0 Å². The van der Waals surface area contributed by atoms with E-state index in [9.17, 15) is 13.7 Å². The highest BCUT2D eigenvalue weighted by Gasteiger charge is 2.50. The number of sulfonamides is 1. The molecule has 3 aromatic heterocycles. The zero-order chi connectivity index (χ0) is 26.0. The molecule has 0 bridgehead atoms. The molecule has 0 atom stereocenters. The van der Waals surface area contributed by atoms with E-state index in [1.54, 1.807) is 10.9 Å². The van der Waals surface area contributed by atoms with Gasteiger partial charge in [0.25, 0.3) is 0 Å². The highest BCUT2D eigenvalue weighted by molar-refractivity contribution is 7.99. The second-order valence-electron chi connectivity index (χ2n) is 10.4. The summed E-state index contributed by atoms with van der Waals surface area (Å²) in [6.07, 6.45) is 9.11. The average Bonchev–Trinajstić information content (AvgIpc) is 3.44. The van der Waals surface area contributed by atoms with Crippen LogP contribution in [0.1, 0.15) is 6.42 Å². The van der Waals surface area contributed by atoms with Crippen LogP contribution in [-0.2, 0) is 27.0 Å². The predicted molar refractivity (Wildman–Crippen MR) is 145 cm³/mol. The molecular weight excluding hydrogens is 515 g/mol. The van der Waals surface area contributed by atoms with Gasteiger partial charge in [0.15, 0.2) is 0 Å². The summed E-state index contributed by atoms with van der Waals surface area (Å²) in [5.74, 6) is 0.641. The fourth-order valence-electron chi connectivity index (χ4n) is 4.19. The molecule has 1 saturated heterocycles. The normalized spacial score (nSPS) is 16.2. The minimum absolute atomic E-state index is 0.0962. The van der Waals surface area contributed by atoms with Gasteiger partial charge in [-0.3, -0.25) is 4.68 Å². The molecule has 36 heavy (non-hydrogen) atoms. The Morgan fingerprint density at radius 2 is 2.06 bits per heavy atom. The molecule has 0 spiro atoms. The van der Waals surface area contributed by atoms with Crippen molar-refractivity contribution in [2.45, 2.75) is 44.4 Å². The van der Waals surface area contributed by atoms with E-state index in [0.29, 0.717) is 12.5 Å². The van der Waals surface area contributed by atoms with E-state index in [1.165, 1.54) is 22.4 Å². The lowest BCUT2D eigenvalue weighted by atomic mass is 9.89. The van der Waals surface area contributed by atoms with E-state index < -0.39 is 23.6 Å². The van der Waals surface area contributed by atoms with Crippen LogP contribution < -0.4 is 0 Å². The monoisotopic (exact) mass is 547 g/mol. The number of nitriles is 1. The first-order valence-corrected chi connectivity index (χ1v) is 18.6. The first kappa shape index (κ1) is 26.8. The largest absolute Gasteiger partial charge is 0.361 e. The molecule has 10 nitrogen and oxygen atoms in total. The fraction of sp³-hybridized carbons (Fsp3) is 0.565. The molecule has 194 valence electrons. The highest BCUT2D eigenvalue weighted by atomic mass is 32.2. The molecule has 1 aliphatic heterocycles. The maximum Gasteiger partial charge on any atom is 0.215 e. The third-order valence-electron chi connectivity index (χ3n) is 6.41. The van der Waals surface area contributed by atoms with Crippen molar-refractivity contribution in [3.63, 3.8) is 0 Å². The van der Waals surface area contributed by atoms with Gasteiger partial charge in [-0.2, -0.15) is 26.4 Å². The molecule has 0 amide bonds. The Balaban J connectivity index is 1.52. The Kier molecular flexibility index (Phi) is 7.91. The zero-order valence-electron chi connectivity index (χ0n) is 21.2. The summed E-state index contributed by atoms with van der Waals surface area (Å²) in [4.78, 5) is 8.97. The number of ether oxygens (including phenoxy) is 1. The quantitative estimate of drug-likeness (QED) is 0.250. The van der Waals surface area contributed by atoms with Crippen LogP contribution in [0.2, 0.25) is 25.7 Å². The summed E-state index contributed by atoms with van der Waals surface area (Å²) in [5, 5.41) is 14.9. The molecule has 0 aromatic carbocycles. The molecule has 0 radical (unpaired) electrons. The number of fused-ring (bicyclic) bond motifs is 1. The Hall–Kier alpha value is -2.24. The van der Waals surface area contributed by atoms with Crippen LogP contribution in [0, 0.1) is 11.3 Å². The van der Waals surface area contributed by atoms with Gasteiger partial charge in [-0.25, -0.2) is 18.4 Å². The first-order valence-electron chi connectivity index (χ1n) is 11.9. The lowest BCUT2D eigenvalue weighted by molar-refractivity contribution is 0.0719. The number of thioether (sulfide) groups is 1. The lowest BCUT2D eigenvalue weighted by Gasteiger charge is -2.47. The van der Waals surface area contributed by atoms with E-state index in [-0.39, 0.29) is 25.3 Å². The first-order chi connectivity index (χ1) is 17.1. The second-order valence-corrected chi connectivity index (χ2v) is 19.1. The smallest absolute Gasteiger partial charge is 0.215 e. The summed E-state index contributed by atoms with van der Waals surface area (Å²) in [6, 6.07) is 5.29. The molecule has 4 heterocycles. The summed E-state index contributed by atoms with van der Waals surface area (Å²) in [7, 11) is -4.50. The minimum atomic E-state index is -3.34. The zero-order valence-corrected chi connectivity index (χ0v) is 23.8. The Bertz CT molecular complexity index is 1350. The lowest BCUT2D eigenvalue weighted by Crippen LogP contribution is -2.64. The SMILES string of the molecule is CSCCS(=O)(=O)N1CC(CC#N)(n2cc(-c3ncnc4c3ccn4COCC[Si](C)(C)C)cn2)C1. The summed E-state index contributed by atoms with van der Waals surface area (Å²) in [6.45, 7) is 8.61. The van der Waals surface area contributed by atoms with E-state index in [1.807, 2.05) is 29.3 Å². The maximum absolute atomic E-state index is 12.6. The third kappa shape index (κ3) is 5.68. The number of nitrogens with zero attached hydrogens (tertiary/aromatic N) is 7. The Labute approximate surface area is 217 Å². The van der Waals surface area contributed by atoms with Gasteiger partial charge in [-0.1, -0.05) is 19.6 Å². The highest BCUT2D eigenvalue weighted by Crippen LogP contribution is 2.36. The average molecular weight is 548 g/mol. The van der Waals surface area contributed by atoms with E-state index in [2.05, 4.69) is 40.8 Å². The molecule has 0 aliphatic carbocycles.